The van der Waals surface area contributed by atoms with E-state index < -0.39 is 5.41 Å². The highest BCUT2D eigenvalue weighted by atomic mass is 16.6. The number of furan rings is 2. The average Bonchev–Trinajstić information content (AvgIpc) is 2.69. The van der Waals surface area contributed by atoms with Crippen LogP contribution in [0.5, 0.6) is 5.75 Å². The van der Waals surface area contributed by atoms with E-state index in [1.807, 2.05) is 32.9 Å². The molecule has 0 radical (unpaired) electrons. The van der Waals surface area contributed by atoms with Crippen molar-refractivity contribution in [3.63, 3.8) is 0 Å². The molecule has 0 fully saturated rings. The number of benzene rings is 1. The number of carbonyl (C=O) groups is 1. The summed E-state index contributed by atoms with van der Waals surface area (Å²) in [6, 6.07) is 5.42. The van der Waals surface area contributed by atoms with Crippen molar-refractivity contribution < 1.29 is 18.4 Å². The molecule has 0 unspecified atom stereocenters. The Morgan fingerprint density at radius 2 is 1.88 bits per heavy atom. The van der Waals surface area contributed by atoms with E-state index in [1.165, 1.54) is 0 Å². The summed E-state index contributed by atoms with van der Waals surface area (Å²) in [4.78, 5) is 11.8. The van der Waals surface area contributed by atoms with Crippen LogP contribution >= 0.6 is 0 Å². The summed E-state index contributed by atoms with van der Waals surface area (Å²) in [5.41, 5.74) is -0.538. The molecule has 2 bridgehead atoms. The van der Waals surface area contributed by atoms with Gasteiger partial charge in [0.2, 0.25) is 0 Å². The van der Waals surface area contributed by atoms with Crippen molar-refractivity contribution >= 4 is 28.3 Å². The summed E-state index contributed by atoms with van der Waals surface area (Å²) in [5.74, 6) is 1.13. The second-order valence-corrected chi connectivity index (χ2v) is 5.10. The van der Waals surface area contributed by atoms with Crippen LogP contribution in [-0.2, 0) is 4.79 Å². The minimum absolute atomic E-state index is 0.277. The summed E-state index contributed by atoms with van der Waals surface area (Å²) in [7, 11) is 0. The maximum Gasteiger partial charge on any atom is 0.316 e. The number of hydrogen-bond donors (Lipinski definition) is 0. The molecule has 3 heterocycles. The van der Waals surface area contributed by atoms with Crippen LogP contribution in [-0.4, -0.2) is 5.97 Å². The molecule has 4 nitrogen and oxygen atoms in total. The summed E-state index contributed by atoms with van der Waals surface area (Å²) >= 11 is 0. The van der Waals surface area contributed by atoms with Crippen molar-refractivity contribution in [3.8, 4) is 5.75 Å². The molecule has 0 aliphatic rings. The lowest BCUT2D eigenvalue weighted by Crippen LogP contribution is -2.25. The molecule has 1 aromatic carbocycles. The summed E-state index contributed by atoms with van der Waals surface area (Å²) in [6.07, 6.45) is 0. The first-order valence-corrected chi connectivity index (χ1v) is 5.42. The van der Waals surface area contributed by atoms with Crippen LogP contribution in [0.1, 0.15) is 20.8 Å². The van der Waals surface area contributed by atoms with Crippen molar-refractivity contribution in [2.24, 2.45) is 5.41 Å². The highest BCUT2D eigenvalue weighted by molar-refractivity contribution is 6.08. The average molecular weight is 232 g/mol. The highest BCUT2D eigenvalue weighted by Crippen LogP contribution is 2.40. The highest BCUT2D eigenvalue weighted by Gasteiger charge is 2.27. The molecule has 0 amide bonds. The Balaban J connectivity index is 2.05. The molecule has 3 aromatic heterocycles. The molecular weight excluding hydrogens is 220 g/mol. The van der Waals surface area contributed by atoms with Gasteiger partial charge in [-0.3, -0.25) is 4.79 Å². The van der Waals surface area contributed by atoms with E-state index in [0.717, 1.165) is 10.8 Å². The molecule has 0 aliphatic heterocycles. The summed E-state index contributed by atoms with van der Waals surface area (Å²) in [6.45, 7) is 5.44. The lowest BCUT2D eigenvalue weighted by atomic mass is 9.97. The smallest absolute Gasteiger partial charge is 0.316 e. The zero-order valence-corrected chi connectivity index (χ0v) is 9.87. The van der Waals surface area contributed by atoms with Crippen LogP contribution in [0.2, 0.25) is 0 Å². The Kier molecular flexibility index (Phi) is 1.82. The minimum atomic E-state index is -0.538. The van der Waals surface area contributed by atoms with Gasteiger partial charge in [-0.2, -0.15) is 0 Å². The molecule has 17 heavy (non-hydrogen) atoms. The van der Waals surface area contributed by atoms with E-state index in [-0.39, 0.29) is 5.97 Å². The fraction of sp³-hybridized carbons (Fsp3) is 0.308. The Morgan fingerprint density at radius 1 is 1.18 bits per heavy atom. The molecule has 0 spiro atoms. The van der Waals surface area contributed by atoms with Gasteiger partial charge in [-0.15, -0.1) is 0 Å². The number of esters is 1. The number of rotatable bonds is 1. The predicted molar refractivity (Wildman–Crippen MR) is 62.3 cm³/mol. The van der Waals surface area contributed by atoms with Crippen LogP contribution in [0.15, 0.2) is 27.0 Å². The molecule has 88 valence electrons. The zero-order valence-electron chi connectivity index (χ0n) is 9.87. The quantitative estimate of drug-likeness (QED) is 0.475. The van der Waals surface area contributed by atoms with E-state index in [2.05, 4.69) is 0 Å². The fourth-order valence-corrected chi connectivity index (χ4v) is 1.64. The van der Waals surface area contributed by atoms with Crippen LogP contribution < -0.4 is 4.74 Å². The largest absolute Gasteiger partial charge is 0.425 e. The number of ether oxygens (including phenoxy) is 1. The normalized spacial score (nSPS) is 12.6. The van der Waals surface area contributed by atoms with Crippen molar-refractivity contribution in [1.82, 2.24) is 0 Å². The maximum absolute atomic E-state index is 11.8. The van der Waals surface area contributed by atoms with Gasteiger partial charge >= 0.3 is 17.5 Å². The van der Waals surface area contributed by atoms with Crippen LogP contribution in [0.25, 0.3) is 22.3 Å². The lowest BCUT2D eigenvalue weighted by molar-refractivity contribution is -0.142. The van der Waals surface area contributed by atoms with Gasteiger partial charge in [-0.1, -0.05) is 6.07 Å². The van der Waals surface area contributed by atoms with Crippen molar-refractivity contribution in [2.75, 3.05) is 0 Å². The van der Waals surface area contributed by atoms with Gasteiger partial charge in [0.05, 0.1) is 10.8 Å². The second-order valence-electron chi connectivity index (χ2n) is 5.10. The number of hydrogen-bond acceptors (Lipinski definition) is 4. The van der Waals surface area contributed by atoms with Gasteiger partial charge < -0.3 is 13.6 Å². The maximum atomic E-state index is 11.8. The van der Waals surface area contributed by atoms with Crippen LogP contribution in [0, 0.1) is 5.41 Å². The van der Waals surface area contributed by atoms with Gasteiger partial charge in [-0.05, 0) is 32.9 Å². The second kappa shape index (κ2) is 3.03. The Bertz CT molecular complexity index is 666. The van der Waals surface area contributed by atoms with Gasteiger partial charge in [0, 0.05) is 0 Å². The Morgan fingerprint density at radius 3 is 2.53 bits per heavy atom. The van der Waals surface area contributed by atoms with Gasteiger partial charge in [0.1, 0.15) is 11.1 Å². The Labute approximate surface area is 97.5 Å². The van der Waals surface area contributed by atoms with Crippen molar-refractivity contribution in [2.45, 2.75) is 20.8 Å². The van der Waals surface area contributed by atoms with E-state index in [9.17, 15) is 4.79 Å². The summed E-state index contributed by atoms with van der Waals surface area (Å²) < 4.78 is 15.9. The first-order valence-electron chi connectivity index (χ1n) is 5.42. The van der Waals surface area contributed by atoms with E-state index >= 15 is 0 Å². The van der Waals surface area contributed by atoms with Crippen molar-refractivity contribution in [1.29, 1.82) is 0 Å². The minimum Gasteiger partial charge on any atom is -0.425 e. The topological polar surface area (TPSA) is 52.6 Å². The summed E-state index contributed by atoms with van der Waals surface area (Å²) in [5, 5.41) is 1.58. The monoisotopic (exact) mass is 232 g/mol. The molecule has 0 aliphatic carbocycles. The first-order chi connectivity index (χ1) is 7.97. The van der Waals surface area contributed by atoms with Crippen molar-refractivity contribution in [3.05, 3.63) is 18.2 Å². The van der Waals surface area contributed by atoms with Gasteiger partial charge in [0.15, 0.2) is 0 Å². The Hall–Kier alpha value is -1.97. The molecule has 0 saturated carbocycles. The van der Waals surface area contributed by atoms with E-state index in [0.29, 0.717) is 17.3 Å². The third kappa shape index (κ3) is 1.40. The van der Waals surface area contributed by atoms with Crippen LogP contribution in [0.4, 0.5) is 0 Å². The SMILES string of the molecule is CC(C)(C)C(=O)Oc1cccc2c3oc(o3)c12. The molecule has 4 heteroatoms. The molecule has 0 saturated heterocycles. The molecule has 0 atom stereocenters. The van der Waals surface area contributed by atoms with E-state index in [4.69, 9.17) is 13.6 Å². The molecule has 4 rings (SSSR count). The number of carbonyl (C=O) groups excluding carboxylic acids is 1. The fourth-order valence-electron chi connectivity index (χ4n) is 1.64. The van der Waals surface area contributed by atoms with Crippen LogP contribution in [0.3, 0.4) is 0 Å². The lowest BCUT2D eigenvalue weighted by Gasteiger charge is -2.16. The first kappa shape index (κ1) is 10.2. The third-order valence-electron chi connectivity index (χ3n) is 2.64. The molecule has 4 aromatic rings. The third-order valence-corrected chi connectivity index (χ3v) is 2.64. The van der Waals surface area contributed by atoms with Gasteiger partial charge in [0.25, 0.3) is 0 Å². The molecular formula is C13H12O4. The zero-order chi connectivity index (χ0) is 12.2. The standard InChI is InChI=1S/C13H12O4/c1-13(2,3)12(14)15-8-6-4-5-7-9(8)11-16-10(7)17-11/h4-6H,1-3H3. The predicted octanol–water partition coefficient (Wildman–Crippen LogP) is 3.57. The van der Waals surface area contributed by atoms with Gasteiger partial charge in [-0.25, -0.2) is 0 Å². The van der Waals surface area contributed by atoms with E-state index in [1.54, 1.807) is 6.07 Å². The molecule has 0 N–H and O–H groups in total.